The highest BCUT2D eigenvalue weighted by Crippen LogP contribution is 2.32. The Morgan fingerprint density at radius 3 is 3.06 bits per heavy atom. The molecule has 1 atom stereocenters. The average Bonchev–Trinajstić information content (AvgIpc) is 2.85. The minimum absolute atomic E-state index is 0.0949. The Morgan fingerprint density at radius 2 is 2.31 bits per heavy atom. The summed E-state index contributed by atoms with van der Waals surface area (Å²) >= 11 is 0. The molecule has 0 aliphatic carbocycles. The normalized spacial score (nSPS) is 19.2. The molecule has 0 saturated carbocycles. The third-order valence-corrected chi connectivity index (χ3v) is 3.56. The summed E-state index contributed by atoms with van der Waals surface area (Å²) in [5.74, 6) is 0. The van der Waals surface area contributed by atoms with E-state index >= 15 is 0 Å². The summed E-state index contributed by atoms with van der Waals surface area (Å²) in [5.41, 5.74) is 6.24. The van der Waals surface area contributed by atoms with Gasteiger partial charge in [-0.3, -0.25) is 0 Å². The van der Waals surface area contributed by atoms with Gasteiger partial charge in [-0.05, 0) is 36.6 Å². The molecule has 2 heterocycles. The summed E-state index contributed by atoms with van der Waals surface area (Å²) in [7, 11) is 0. The van der Waals surface area contributed by atoms with Crippen molar-refractivity contribution in [3.05, 3.63) is 35.5 Å². The fourth-order valence-electron chi connectivity index (χ4n) is 2.64. The summed E-state index contributed by atoms with van der Waals surface area (Å²) in [5, 5.41) is 10.4. The average molecular weight is 216 g/mol. The second-order valence-corrected chi connectivity index (χ2v) is 4.44. The molecule has 2 N–H and O–H groups in total. The van der Waals surface area contributed by atoms with E-state index < -0.39 is 0 Å². The van der Waals surface area contributed by atoms with Crippen LogP contribution >= 0.6 is 0 Å². The monoisotopic (exact) mass is 216 g/mol. The standard InChI is InChI=1S/C13H16N2O/c1-2-9-3-4-12-10(7-9)8-13-11(14-16)5-6-15(12)13/h3-4,7-8,11,14,16H,2,5-6H2,1H3. The Labute approximate surface area is 94.6 Å². The molecule has 0 radical (unpaired) electrons. The van der Waals surface area contributed by atoms with Gasteiger partial charge in [0, 0.05) is 23.1 Å². The molecular weight excluding hydrogens is 200 g/mol. The lowest BCUT2D eigenvalue weighted by Gasteiger charge is -2.03. The van der Waals surface area contributed by atoms with Gasteiger partial charge in [0.2, 0.25) is 0 Å². The van der Waals surface area contributed by atoms with Crippen LogP contribution in [-0.4, -0.2) is 9.77 Å². The van der Waals surface area contributed by atoms with Gasteiger partial charge >= 0.3 is 0 Å². The Morgan fingerprint density at radius 1 is 1.44 bits per heavy atom. The third-order valence-electron chi connectivity index (χ3n) is 3.56. The van der Waals surface area contributed by atoms with Crippen LogP contribution in [0.3, 0.4) is 0 Å². The number of hydroxylamine groups is 1. The molecule has 2 aromatic rings. The van der Waals surface area contributed by atoms with Crippen LogP contribution in [0.5, 0.6) is 0 Å². The maximum absolute atomic E-state index is 9.08. The highest BCUT2D eigenvalue weighted by molar-refractivity contribution is 5.82. The molecule has 1 unspecified atom stereocenters. The lowest BCUT2D eigenvalue weighted by Crippen LogP contribution is -2.13. The Kier molecular flexibility index (Phi) is 2.23. The van der Waals surface area contributed by atoms with Crippen molar-refractivity contribution in [1.29, 1.82) is 0 Å². The minimum atomic E-state index is 0.0949. The fraction of sp³-hybridized carbons (Fsp3) is 0.385. The van der Waals surface area contributed by atoms with Gasteiger partial charge in [-0.25, -0.2) is 0 Å². The molecule has 3 nitrogen and oxygen atoms in total. The van der Waals surface area contributed by atoms with E-state index in [1.807, 2.05) is 0 Å². The number of nitrogens with one attached hydrogen (secondary N) is 1. The molecule has 16 heavy (non-hydrogen) atoms. The number of fused-ring (bicyclic) bond motifs is 3. The summed E-state index contributed by atoms with van der Waals surface area (Å²) in [6.07, 6.45) is 2.04. The summed E-state index contributed by atoms with van der Waals surface area (Å²) in [6, 6.07) is 8.91. The van der Waals surface area contributed by atoms with Crippen LogP contribution < -0.4 is 5.48 Å². The van der Waals surface area contributed by atoms with E-state index in [-0.39, 0.29) is 6.04 Å². The van der Waals surface area contributed by atoms with Gasteiger partial charge in [0.05, 0.1) is 6.04 Å². The van der Waals surface area contributed by atoms with Crippen LogP contribution in [0.25, 0.3) is 10.9 Å². The first-order chi connectivity index (χ1) is 7.83. The zero-order valence-corrected chi connectivity index (χ0v) is 9.40. The molecule has 0 spiro atoms. The SMILES string of the molecule is CCc1ccc2c(c1)cc1n2CCC1NO. The largest absolute Gasteiger partial charge is 0.343 e. The van der Waals surface area contributed by atoms with Gasteiger partial charge in [-0.15, -0.1) is 0 Å². The van der Waals surface area contributed by atoms with Crippen molar-refractivity contribution in [3.8, 4) is 0 Å². The highest BCUT2D eigenvalue weighted by Gasteiger charge is 2.23. The van der Waals surface area contributed by atoms with Crippen molar-refractivity contribution < 1.29 is 5.21 Å². The van der Waals surface area contributed by atoms with E-state index in [0.29, 0.717) is 0 Å². The first-order valence-electron chi connectivity index (χ1n) is 5.85. The Hall–Kier alpha value is -1.32. The van der Waals surface area contributed by atoms with Crippen LogP contribution in [0.4, 0.5) is 0 Å². The molecule has 1 aliphatic heterocycles. The molecule has 0 fully saturated rings. The van der Waals surface area contributed by atoms with Crippen molar-refractivity contribution in [3.63, 3.8) is 0 Å². The topological polar surface area (TPSA) is 37.2 Å². The predicted molar refractivity (Wildman–Crippen MR) is 63.6 cm³/mol. The van der Waals surface area contributed by atoms with E-state index in [1.165, 1.54) is 22.2 Å². The summed E-state index contributed by atoms with van der Waals surface area (Å²) < 4.78 is 2.29. The highest BCUT2D eigenvalue weighted by atomic mass is 16.5. The van der Waals surface area contributed by atoms with E-state index in [1.54, 1.807) is 0 Å². The molecule has 84 valence electrons. The van der Waals surface area contributed by atoms with Gasteiger partial charge in [0.25, 0.3) is 0 Å². The molecule has 1 aliphatic rings. The van der Waals surface area contributed by atoms with Crippen molar-refractivity contribution in [2.45, 2.75) is 32.4 Å². The quantitative estimate of drug-likeness (QED) is 0.757. The summed E-state index contributed by atoms with van der Waals surface area (Å²) in [4.78, 5) is 0. The number of benzene rings is 1. The number of hydrogen-bond donors (Lipinski definition) is 2. The first-order valence-corrected chi connectivity index (χ1v) is 5.85. The fourth-order valence-corrected chi connectivity index (χ4v) is 2.64. The Bertz CT molecular complexity index is 530. The lowest BCUT2D eigenvalue weighted by atomic mass is 10.1. The minimum Gasteiger partial charge on any atom is -0.343 e. The zero-order chi connectivity index (χ0) is 11.1. The van der Waals surface area contributed by atoms with Gasteiger partial charge in [0.15, 0.2) is 0 Å². The van der Waals surface area contributed by atoms with Crippen LogP contribution in [0.1, 0.15) is 30.6 Å². The van der Waals surface area contributed by atoms with Crippen molar-refractivity contribution in [2.24, 2.45) is 0 Å². The van der Waals surface area contributed by atoms with E-state index in [0.717, 1.165) is 19.4 Å². The van der Waals surface area contributed by atoms with Crippen LogP contribution in [0.2, 0.25) is 0 Å². The molecule has 1 aromatic carbocycles. The lowest BCUT2D eigenvalue weighted by molar-refractivity contribution is 0.126. The smallest absolute Gasteiger partial charge is 0.0738 e. The number of aromatic nitrogens is 1. The molecular formula is C13H16N2O. The zero-order valence-electron chi connectivity index (χ0n) is 9.40. The Balaban J connectivity index is 2.18. The van der Waals surface area contributed by atoms with Crippen molar-refractivity contribution >= 4 is 10.9 Å². The molecule has 1 aromatic heterocycles. The number of nitrogens with zero attached hydrogens (tertiary/aromatic N) is 1. The molecule has 0 saturated heterocycles. The van der Waals surface area contributed by atoms with Gasteiger partial charge < -0.3 is 9.77 Å². The van der Waals surface area contributed by atoms with Gasteiger partial charge in [0.1, 0.15) is 0 Å². The van der Waals surface area contributed by atoms with Gasteiger partial charge in [-0.2, -0.15) is 5.48 Å². The molecule has 3 heteroatoms. The van der Waals surface area contributed by atoms with Crippen LogP contribution in [0.15, 0.2) is 24.3 Å². The van der Waals surface area contributed by atoms with Crippen LogP contribution in [-0.2, 0) is 13.0 Å². The predicted octanol–water partition coefficient (Wildman–Crippen LogP) is 2.63. The van der Waals surface area contributed by atoms with E-state index in [4.69, 9.17) is 5.21 Å². The number of hydrogen-bond acceptors (Lipinski definition) is 2. The molecule has 0 bridgehead atoms. The van der Waals surface area contributed by atoms with Crippen molar-refractivity contribution in [1.82, 2.24) is 10.0 Å². The van der Waals surface area contributed by atoms with Gasteiger partial charge in [-0.1, -0.05) is 13.0 Å². The van der Waals surface area contributed by atoms with Crippen LogP contribution in [0, 0.1) is 0 Å². The van der Waals surface area contributed by atoms with Crippen molar-refractivity contribution in [2.75, 3.05) is 0 Å². The second kappa shape index (κ2) is 3.61. The van der Waals surface area contributed by atoms with E-state index in [9.17, 15) is 0 Å². The maximum Gasteiger partial charge on any atom is 0.0738 e. The number of rotatable bonds is 2. The molecule has 3 rings (SSSR count). The second-order valence-electron chi connectivity index (χ2n) is 4.44. The molecule has 0 amide bonds. The first kappa shape index (κ1) is 9.87. The maximum atomic E-state index is 9.08. The third kappa shape index (κ3) is 1.29. The summed E-state index contributed by atoms with van der Waals surface area (Å²) in [6.45, 7) is 3.16. The number of aryl methyl sites for hydroxylation is 2. The van der Waals surface area contributed by atoms with E-state index in [2.05, 4.69) is 41.2 Å².